The zero-order valence-corrected chi connectivity index (χ0v) is 12.0. The molecule has 2 rings (SSSR count). The topological polar surface area (TPSA) is 95.9 Å². The highest BCUT2D eigenvalue weighted by atomic mass is 32.2. The van der Waals surface area contributed by atoms with Gasteiger partial charge in [-0.25, -0.2) is 13.9 Å². The molecule has 0 saturated carbocycles. The van der Waals surface area contributed by atoms with Crippen molar-refractivity contribution in [3.05, 3.63) is 29.3 Å². The fraction of sp³-hybridized carbons (Fsp3) is 0.417. The fourth-order valence-electron chi connectivity index (χ4n) is 2.09. The summed E-state index contributed by atoms with van der Waals surface area (Å²) < 4.78 is 30.4. The average molecular weight is 300 g/mol. The van der Waals surface area contributed by atoms with Crippen molar-refractivity contribution in [1.29, 1.82) is 0 Å². The second kappa shape index (κ2) is 5.39. The van der Waals surface area contributed by atoms with Gasteiger partial charge in [0.1, 0.15) is 12.4 Å². The monoisotopic (exact) mass is 300 g/mol. The van der Waals surface area contributed by atoms with E-state index < -0.39 is 15.9 Å². The summed E-state index contributed by atoms with van der Waals surface area (Å²) in [5, 5.41) is 8.61. The highest BCUT2D eigenvalue weighted by Crippen LogP contribution is 2.27. The van der Waals surface area contributed by atoms with Gasteiger partial charge in [0, 0.05) is 17.7 Å². The number of sulfonamides is 1. The van der Waals surface area contributed by atoms with Crippen LogP contribution in [0.15, 0.2) is 18.2 Å². The minimum atomic E-state index is -3.34. The average Bonchev–Trinajstić information content (AvgIpc) is 2.56. The van der Waals surface area contributed by atoms with Crippen LogP contribution in [0.5, 0.6) is 5.75 Å². The van der Waals surface area contributed by atoms with E-state index in [1.165, 1.54) is 16.4 Å². The molecule has 1 aromatic carbocycles. The molecular weight excluding hydrogens is 284 g/mol. The van der Waals surface area contributed by atoms with Gasteiger partial charge < -0.3 is 4.74 Å². The van der Waals surface area contributed by atoms with Gasteiger partial charge in [0.2, 0.25) is 10.0 Å². The van der Waals surface area contributed by atoms with Crippen LogP contribution in [0.1, 0.15) is 22.8 Å². The molecule has 0 bridgehead atoms. The van der Waals surface area contributed by atoms with E-state index in [1.54, 1.807) is 18.5 Å². The van der Waals surface area contributed by atoms with Gasteiger partial charge in [-0.15, -0.1) is 0 Å². The zero-order chi connectivity index (χ0) is 14.9. The Kier molecular flexibility index (Phi) is 3.98. The van der Waals surface area contributed by atoms with Gasteiger partial charge in [-0.05, 0) is 19.1 Å². The van der Waals surface area contributed by atoms with Crippen LogP contribution in [0, 0.1) is 0 Å². The lowest BCUT2D eigenvalue weighted by molar-refractivity contribution is 0.0706. The van der Waals surface area contributed by atoms with Crippen molar-refractivity contribution < 1.29 is 23.2 Å². The Morgan fingerprint density at radius 2 is 2.20 bits per heavy atom. The smallest absolute Gasteiger partial charge is 0.274 e. The number of hydrogen-bond acceptors (Lipinski definition) is 5. The number of hydroxylamine groups is 1. The Balaban J connectivity index is 2.38. The summed E-state index contributed by atoms with van der Waals surface area (Å²) in [4.78, 5) is 11.4. The number of hydrogen-bond donors (Lipinski definition) is 2. The normalized spacial score (nSPS) is 19.6. The largest absolute Gasteiger partial charge is 0.492 e. The zero-order valence-electron chi connectivity index (χ0n) is 11.2. The molecule has 0 aromatic heterocycles. The van der Waals surface area contributed by atoms with E-state index in [-0.39, 0.29) is 24.8 Å². The Morgan fingerprint density at radius 3 is 2.80 bits per heavy atom. The predicted molar refractivity (Wildman–Crippen MR) is 71.0 cm³/mol. The van der Waals surface area contributed by atoms with Crippen LogP contribution in [-0.2, 0) is 16.6 Å². The van der Waals surface area contributed by atoms with Gasteiger partial charge >= 0.3 is 0 Å². The molecule has 0 aliphatic carbocycles. The summed E-state index contributed by atoms with van der Waals surface area (Å²) in [6, 6.07) is 4.31. The Bertz CT molecular complexity index is 629. The van der Waals surface area contributed by atoms with Crippen LogP contribution in [-0.4, -0.2) is 42.7 Å². The molecule has 7 nitrogen and oxygen atoms in total. The summed E-state index contributed by atoms with van der Waals surface area (Å²) in [5.74, 6) is -0.197. The van der Waals surface area contributed by atoms with Crippen molar-refractivity contribution in [2.24, 2.45) is 0 Å². The van der Waals surface area contributed by atoms with E-state index in [1.807, 2.05) is 0 Å². The number of benzene rings is 1. The number of fused-ring (bicyclic) bond motifs is 1. The minimum absolute atomic E-state index is 0.191. The lowest BCUT2D eigenvalue weighted by atomic mass is 10.1. The maximum atomic E-state index is 11.8. The standard InChI is InChI=1S/C12H16N2O5S/c1-8-7-19-11-5-9(12(15)13-16)3-4-10(11)6-14(8)20(2,17)18/h3-5,8,16H,6-7H2,1-2H3,(H,13,15). The molecule has 1 amide bonds. The van der Waals surface area contributed by atoms with Gasteiger partial charge in [0.15, 0.2) is 0 Å². The van der Waals surface area contributed by atoms with E-state index in [4.69, 9.17) is 9.94 Å². The number of amides is 1. The second-order valence-corrected chi connectivity index (χ2v) is 6.67. The van der Waals surface area contributed by atoms with E-state index in [0.29, 0.717) is 11.3 Å². The van der Waals surface area contributed by atoms with Gasteiger partial charge in [0.25, 0.3) is 5.91 Å². The molecule has 1 unspecified atom stereocenters. The summed E-state index contributed by atoms with van der Waals surface area (Å²) in [7, 11) is -3.34. The number of carbonyl (C=O) groups excluding carboxylic acids is 1. The molecule has 20 heavy (non-hydrogen) atoms. The van der Waals surface area contributed by atoms with Crippen LogP contribution in [0.25, 0.3) is 0 Å². The third kappa shape index (κ3) is 2.92. The number of nitrogens with one attached hydrogen (secondary N) is 1. The van der Waals surface area contributed by atoms with E-state index in [0.717, 1.165) is 6.26 Å². The Hall–Kier alpha value is -1.64. The summed E-state index contributed by atoms with van der Waals surface area (Å²) >= 11 is 0. The van der Waals surface area contributed by atoms with Crippen molar-refractivity contribution in [2.45, 2.75) is 19.5 Å². The molecule has 0 fully saturated rings. The number of carbonyl (C=O) groups is 1. The SMILES string of the molecule is CC1COc2cc(C(=O)NO)ccc2CN1S(C)(=O)=O. The summed E-state index contributed by atoms with van der Waals surface area (Å²) in [6.45, 7) is 2.15. The van der Waals surface area contributed by atoms with Crippen LogP contribution >= 0.6 is 0 Å². The third-order valence-electron chi connectivity index (χ3n) is 3.15. The Labute approximate surface area is 117 Å². The molecule has 1 heterocycles. The molecule has 0 spiro atoms. The van der Waals surface area contributed by atoms with Crippen molar-refractivity contribution in [1.82, 2.24) is 9.79 Å². The number of rotatable bonds is 2. The maximum absolute atomic E-state index is 11.8. The van der Waals surface area contributed by atoms with E-state index >= 15 is 0 Å². The summed E-state index contributed by atoms with van der Waals surface area (Å²) in [5.41, 5.74) is 2.46. The van der Waals surface area contributed by atoms with Crippen LogP contribution < -0.4 is 10.2 Å². The first-order valence-electron chi connectivity index (χ1n) is 6.00. The van der Waals surface area contributed by atoms with Gasteiger partial charge in [-0.3, -0.25) is 10.0 Å². The molecule has 2 N–H and O–H groups in total. The van der Waals surface area contributed by atoms with Gasteiger partial charge in [-0.2, -0.15) is 4.31 Å². The molecule has 1 aliphatic rings. The quantitative estimate of drug-likeness (QED) is 0.607. The van der Waals surface area contributed by atoms with Crippen molar-refractivity contribution in [3.63, 3.8) is 0 Å². The van der Waals surface area contributed by atoms with Crippen molar-refractivity contribution in [2.75, 3.05) is 12.9 Å². The molecule has 0 radical (unpaired) electrons. The van der Waals surface area contributed by atoms with Crippen LogP contribution in [0.3, 0.4) is 0 Å². The van der Waals surface area contributed by atoms with Crippen molar-refractivity contribution in [3.8, 4) is 5.75 Å². The van der Waals surface area contributed by atoms with E-state index in [9.17, 15) is 13.2 Å². The lowest BCUT2D eigenvalue weighted by Crippen LogP contribution is -2.39. The second-order valence-electron chi connectivity index (χ2n) is 4.73. The molecule has 110 valence electrons. The van der Waals surface area contributed by atoms with Gasteiger partial charge in [-0.1, -0.05) is 6.07 Å². The maximum Gasteiger partial charge on any atom is 0.274 e. The van der Waals surface area contributed by atoms with Crippen molar-refractivity contribution >= 4 is 15.9 Å². The lowest BCUT2D eigenvalue weighted by Gasteiger charge is -2.23. The Morgan fingerprint density at radius 1 is 1.50 bits per heavy atom. The third-order valence-corrected chi connectivity index (χ3v) is 4.50. The number of nitrogens with zero attached hydrogens (tertiary/aromatic N) is 1. The first-order valence-corrected chi connectivity index (χ1v) is 7.84. The highest BCUT2D eigenvalue weighted by Gasteiger charge is 2.28. The van der Waals surface area contributed by atoms with Gasteiger partial charge in [0.05, 0.1) is 12.3 Å². The molecule has 1 atom stereocenters. The fourth-order valence-corrected chi connectivity index (χ4v) is 3.17. The summed E-state index contributed by atoms with van der Waals surface area (Å²) in [6.07, 6.45) is 1.15. The molecule has 1 aliphatic heterocycles. The van der Waals surface area contributed by atoms with Crippen LogP contribution in [0.2, 0.25) is 0 Å². The molecule has 8 heteroatoms. The first kappa shape index (κ1) is 14.8. The molecular formula is C12H16N2O5S. The number of ether oxygens (including phenoxy) is 1. The first-order chi connectivity index (χ1) is 9.32. The molecule has 1 aromatic rings. The highest BCUT2D eigenvalue weighted by molar-refractivity contribution is 7.88. The predicted octanol–water partition coefficient (Wildman–Crippen LogP) is 0.348. The van der Waals surface area contributed by atoms with Crippen LogP contribution in [0.4, 0.5) is 0 Å². The molecule has 0 saturated heterocycles. The minimum Gasteiger partial charge on any atom is -0.492 e. The van der Waals surface area contributed by atoms with E-state index in [2.05, 4.69) is 0 Å².